The monoisotopic (exact) mass is 208 g/mol. The molecule has 3 nitrogen and oxygen atoms in total. The van der Waals surface area contributed by atoms with Crippen LogP contribution in [0.3, 0.4) is 0 Å². The van der Waals surface area contributed by atoms with Crippen molar-refractivity contribution in [2.75, 3.05) is 19.6 Å². The van der Waals surface area contributed by atoms with Crippen LogP contribution in [0, 0.1) is 18.3 Å². The molecule has 0 bridgehead atoms. The van der Waals surface area contributed by atoms with E-state index in [1.54, 1.807) is 0 Å². The summed E-state index contributed by atoms with van der Waals surface area (Å²) in [6.45, 7) is 6.17. The Kier molecular flexibility index (Phi) is 4.64. The molecule has 1 aliphatic carbocycles. The standard InChI is InChI=1S/C12H20N2O/c1-4-7-13-12(15)9-14(8-10(2)3)11-5-6-11/h1,10-11H,5-9H2,2-3H3,(H,13,15). The number of hydrogen-bond donors (Lipinski definition) is 1. The average molecular weight is 208 g/mol. The van der Waals surface area contributed by atoms with Crippen molar-refractivity contribution in [2.45, 2.75) is 32.7 Å². The highest BCUT2D eigenvalue weighted by atomic mass is 16.2. The van der Waals surface area contributed by atoms with Gasteiger partial charge in [0.2, 0.25) is 5.91 Å². The molecule has 1 N–H and O–H groups in total. The van der Waals surface area contributed by atoms with Crippen molar-refractivity contribution in [2.24, 2.45) is 5.92 Å². The molecule has 1 saturated carbocycles. The predicted octanol–water partition coefficient (Wildman–Crippen LogP) is 0.856. The highest BCUT2D eigenvalue weighted by Crippen LogP contribution is 2.27. The number of carbonyl (C=O) groups is 1. The zero-order valence-electron chi connectivity index (χ0n) is 9.62. The first-order chi connectivity index (χ1) is 7.13. The molecule has 1 amide bonds. The fraction of sp³-hybridized carbons (Fsp3) is 0.750. The van der Waals surface area contributed by atoms with Gasteiger partial charge in [-0.3, -0.25) is 9.69 Å². The Morgan fingerprint density at radius 2 is 2.27 bits per heavy atom. The van der Waals surface area contributed by atoms with Gasteiger partial charge in [-0.25, -0.2) is 0 Å². The van der Waals surface area contributed by atoms with Crippen LogP contribution < -0.4 is 5.32 Å². The summed E-state index contributed by atoms with van der Waals surface area (Å²) in [5.41, 5.74) is 0. The molecule has 0 aromatic heterocycles. The van der Waals surface area contributed by atoms with Crippen molar-refractivity contribution < 1.29 is 4.79 Å². The van der Waals surface area contributed by atoms with E-state index in [1.807, 2.05) is 0 Å². The van der Waals surface area contributed by atoms with Gasteiger partial charge >= 0.3 is 0 Å². The summed E-state index contributed by atoms with van der Waals surface area (Å²) >= 11 is 0. The van der Waals surface area contributed by atoms with Crippen LogP contribution in [0.1, 0.15) is 26.7 Å². The lowest BCUT2D eigenvalue weighted by molar-refractivity contribution is -0.122. The summed E-state index contributed by atoms with van der Waals surface area (Å²) in [7, 11) is 0. The Morgan fingerprint density at radius 3 is 2.73 bits per heavy atom. The van der Waals surface area contributed by atoms with E-state index in [0.29, 0.717) is 25.0 Å². The van der Waals surface area contributed by atoms with Crippen molar-refractivity contribution >= 4 is 5.91 Å². The van der Waals surface area contributed by atoms with Gasteiger partial charge in [0.15, 0.2) is 0 Å². The molecule has 15 heavy (non-hydrogen) atoms. The van der Waals surface area contributed by atoms with Gasteiger partial charge in [-0.1, -0.05) is 19.8 Å². The molecule has 0 radical (unpaired) electrons. The minimum absolute atomic E-state index is 0.0421. The maximum atomic E-state index is 11.5. The maximum absolute atomic E-state index is 11.5. The van der Waals surface area contributed by atoms with E-state index in [-0.39, 0.29) is 5.91 Å². The van der Waals surface area contributed by atoms with E-state index < -0.39 is 0 Å². The van der Waals surface area contributed by atoms with Gasteiger partial charge in [0, 0.05) is 12.6 Å². The molecule has 1 fully saturated rings. The van der Waals surface area contributed by atoms with Crippen LogP contribution in [0.15, 0.2) is 0 Å². The van der Waals surface area contributed by atoms with Gasteiger partial charge in [-0.15, -0.1) is 6.42 Å². The number of hydrogen-bond acceptors (Lipinski definition) is 2. The van der Waals surface area contributed by atoms with Crippen molar-refractivity contribution in [1.29, 1.82) is 0 Å². The third-order valence-electron chi connectivity index (χ3n) is 2.40. The van der Waals surface area contributed by atoms with E-state index in [2.05, 4.69) is 30.0 Å². The highest BCUT2D eigenvalue weighted by molar-refractivity contribution is 5.78. The first-order valence-electron chi connectivity index (χ1n) is 5.57. The molecule has 0 aromatic carbocycles. The number of rotatable bonds is 6. The topological polar surface area (TPSA) is 32.3 Å². The van der Waals surface area contributed by atoms with Crippen LogP contribution in [0.5, 0.6) is 0 Å². The third kappa shape index (κ3) is 4.85. The Hall–Kier alpha value is -1.01. The zero-order chi connectivity index (χ0) is 11.3. The lowest BCUT2D eigenvalue weighted by Crippen LogP contribution is -2.40. The molecule has 0 unspecified atom stereocenters. The summed E-state index contributed by atoms with van der Waals surface area (Å²) in [6.07, 6.45) is 7.54. The number of nitrogens with one attached hydrogen (secondary N) is 1. The highest BCUT2D eigenvalue weighted by Gasteiger charge is 2.30. The van der Waals surface area contributed by atoms with E-state index in [0.717, 1.165) is 6.54 Å². The summed E-state index contributed by atoms with van der Waals surface area (Å²) in [4.78, 5) is 13.7. The van der Waals surface area contributed by atoms with Crippen LogP contribution in [0.25, 0.3) is 0 Å². The largest absolute Gasteiger partial charge is 0.344 e. The van der Waals surface area contributed by atoms with Crippen molar-refractivity contribution in [3.05, 3.63) is 0 Å². The fourth-order valence-corrected chi connectivity index (χ4v) is 1.64. The van der Waals surface area contributed by atoms with E-state index in [1.165, 1.54) is 12.8 Å². The maximum Gasteiger partial charge on any atom is 0.234 e. The molecule has 3 heteroatoms. The Bertz CT molecular complexity index is 251. The predicted molar refractivity (Wildman–Crippen MR) is 61.3 cm³/mol. The van der Waals surface area contributed by atoms with Gasteiger partial charge < -0.3 is 5.32 Å². The van der Waals surface area contributed by atoms with E-state index >= 15 is 0 Å². The molecule has 0 aliphatic heterocycles. The van der Waals surface area contributed by atoms with Gasteiger partial charge in [-0.2, -0.15) is 0 Å². The summed E-state index contributed by atoms with van der Waals surface area (Å²) in [5.74, 6) is 3.05. The van der Waals surface area contributed by atoms with Crippen LogP contribution in [0.4, 0.5) is 0 Å². The van der Waals surface area contributed by atoms with Gasteiger partial charge in [0.25, 0.3) is 0 Å². The van der Waals surface area contributed by atoms with Gasteiger partial charge in [-0.05, 0) is 18.8 Å². The average Bonchev–Trinajstić information content (AvgIpc) is 2.96. The van der Waals surface area contributed by atoms with Gasteiger partial charge in [0.1, 0.15) is 0 Å². The zero-order valence-corrected chi connectivity index (χ0v) is 9.62. The van der Waals surface area contributed by atoms with Crippen LogP contribution in [-0.2, 0) is 4.79 Å². The number of amides is 1. The number of terminal acetylenes is 1. The second-order valence-electron chi connectivity index (χ2n) is 4.54. The number of nitrogens with zero attached hydrogens (tertiary/aromatic N) is 1. The second kappa shape index (κ2) is 5.77. The minimum atomic E-state index is 0.0421. The third-order valence-corrected chi connectivity index (χ3v) is 2.40. The SMILES string of the molecule is C#CCNC(=O)CN(CC(C)C)C1CC1. The molecule has 0 spiro atoms. The lowest BCUT2D eigenvalue weighted by Gasteiger charge is -2.23. The Labute approximate surface area is 92.2 Å². The molecule has 1 aliphatic rings. The van der Waals surface area contributed by atoms with Crippen LogP contribution >= 0.6 is 0 Å². The minimum Gasteiger partial charge on any atom is -0.344 e. The molecule has 0 saturated heterocycles. The number of carbonyl (C=O) groups excluding carboxylic acids is 1. The molecule has 1 rings (SSSR count). The van der Waals surface area contributed by atoms with Crippen molar-refractivity contribution in [3.8, 4) is 12.3 Å². The molecule has 0 heterocycles. The first-order valence-corrected chi connectivity index (χ1v) is 5.57. The molecular formula is C12H20N2O. The first kappa shape index (κ1) is 12.1. The van der Waals surface area contributed by atoms with E-state index in [4.69, 9.17) is 6.42 Å². The molecular weight excluding hydrogens is 188 g/mol. The molecule has 0 aromatic rings. The van der Waals surface area contributed by atoms with Crippen molar-refractivity contribution in [1.82, 2.24) is 10.2 Å². The summed E-state index contributed by atoms with van der Waals surface area (Å²) in [5, 5.41) is 2.70. The summed E-state index contributed by atoms with van der Waals surface area (Å²) in [6, 6.07) is 0.629. The second-order valence-corrected chi connectivity index (χ2v) is 4.54. The van der Waals surface area contributed by atoms with Gasteiger partial charge in [0.05, 0.1) is 13.1 Å². The van der Waals surface area contributed by atoms with Crippen molar-refractivity contribution in [3.63, 3.8) is 0 Å². The molecule has 84 valence electrons. The smallest absolute Gasteiger partial charge is 0.234 e. The Morgan fingerprint density at radius 1 is 1.60 bits per heavy atom. The van der Waals surface area contributed by atoms with E-state index in [9.17, 15) is 4.79 Å². The lowest BCUT2D eigenvalue weighted by atomic mass is 10.2. The van der Waals surface area contributed by atoms with Crippen LogP contribution in [-0.4, -0.2) is 36.5 Å². The van der Waals surface area contributed by atoms with Crippen LogP contribution in [0.2, 0.25) is 0 Å². The normalized spacial score (nSPS) is 15.4. The fourth-order valence-electron chi connectivity index (χ4n) is 1.64. The molecule has 0 atom stereocenters. The Balaban J connectivity index is 2.30. The quantitative estimate of drug-likeness (QED) is 0.657. The summed E-state index contributed by atoms with van der Waals surface area (Å²) < 4.78 is 0.